The van der Waals surface area contributed by atoms with Crippen LogP contribution in [0.3, 0.4) is 0 Å². The molecule has 2 aliphatic rings. The van der Waals surface area contributed by atoms with E-state index in [-0.39, 0.29) is 6.10 Å². The second kappa shape index (κ2) is 3.89. The predicted octanol–water partition coefficient (Wildman–Crippen LogP) is 3.33. The highest BCUT2D eigenvalue weighted by Crippen LogP contribution is 2.62. The summed E-state index contributed by atoms with van der Waals surface area (Å²) < 4.78 is 0. The number of benzene rings is 1. The number of aliphatic hydroxyl groups excluding tert-OH is 1. The van der Waals surface area contributed by atoms with Gasteiger partial charge in [-0.1, -0.05) is 37.6 Å². The van der Waals surface area contributed by atoms with Gasteiger partial charge in [0.05, 0.1) is 6.10 Å². The van der Waals surface area contributed by atoms with Crippen molar-refractivity contribution in [1.29, 1.82) is 0 Å². The van der Waals surface area contributed by atoms with E-state index in [0.29, 0.717) is 5.92 Å². The highest BCUT2D eigenvalue weighted by atomic mass is 16.3. The van der Waals surface area contributed by atoms with Gasteiger partial charge >= 0.3 is 0 Å². The summed E-state index contributed by atoms with van der Waals surface area (Å²) in [6.45, 7) is 2.16. The summed E-state index contributed by atoms with van der Waals surface area (Å²) in [5.74, 6) is 2.24. The van der Waals surface area contributed by atoms with Crippen LogP contribution < -0.4 is 0 Å². The first kappa shape index (κ1) is 10.3. The lowest BCUT2D eigenvalue weighted by Crippen LogP contribution is -2.04. The van der Waals surface area contributed by atoms with Crippen LogP contribution in [0, 0.1) is 17.8 Å². The van der Waals surface area contributed by atoms with Crippen molar-refractivity contribution < 1.29 is 5.11 Å². The Morgan fingerprint density at radius 2 is 1.81 bits per heavy atom. The molecule has 0 aromatic heterocycles. The molecular weight excluding hydrogens is 196 g/mol. The second-order valence-electron chi connectivity index (χ2n) is 5.38. The monoisotopic (exact) mass is 216 g/mol. The summed E-state index contributed by atoms with van der Waals surface area (Å²) in [6.07, 6.45) is 4.94. The van der Waals surface area contributed by atoms with Crippen LogP contribution >= 0.6 is 0 Å². The largest absolute Gasteiger partial charge is 0.388 e. The lowest BCUT2D eigenvalue weighted by atomic mass is 9.98. The van der Waals surface area contributed by atoms with Gasteiger partial charge in [-0.15, -0.1) is 0 Å². The van der Waals surface area contributed by atoms with Crippen molar-refractivity contribution in [3.05, 3.63) is 35.4 Å². The number of aryl methyl sites for hydroxylation is 1. The fourth-order valence-electron chi connectivity index (χ4n) is 3.52. The van der Waals surface area contributed by atoms with Crippen LogP contribution in [0.5, 0.6) is 0 Å². The van der Waals surface area contributed by atoms with Gasteiger partial charge in [0.2, 0.25) is 0 Å². The molecule has 0 aliphatic heterocycles. The lowest BCUT2D eigenvalue weighted by Gasteiger charge is -2.13. The minimum absolute atomic E-state index is 0.207. The van der Waals surface area contributed by atoms with Crippen LogP contribution in [0.2, 0.25) is 0 Å². The van der Waals surface area contributed by atoms with Crippen molar-refractivity contribution in [3.8, 4) is 0 Å². The molecule has 2 saturated carbocycles. The van der Waals surface area contributed by atoms with Crippen molar-refractivity contribution in [2.75, 3.05) is 0 Å². The Hall–Kier alpha value is -0.820. The number of hydrogen-bond donors (Lipinski definition) is 1. The number of fused-ring (bicyclic) bond motifs is 1. The van der Waals surface area contributed by atoms with Crippen LogP contribution in [-0.4, -0.2) is 5.11 Å². The summed E-state index contributed by atoms with van der Waals surface area (Å²) in [6, 6.07) is 8.52. The molecule has 3 atom stereocenters. The minimum Gasteiger partial charge on any atom is -0.388 e. The van der Waals surface area contributed by atoms with Gasteiger partial charge in [-0.05, 0) is 48.1 Å². The molecule has 3 rings (SSSR count). The number of rotatable bonds is 3. The molecule has 1 aromatic carbocycles. The Labute approximate surface area is 97.5 Å². The molecule has 0 heterocycles. The molecule has 0 saturated heterocycles. The molecule has 0 spiro atoms. The van der Waals surface area contributed by atoms with Gasteiger partial charge < -0.3 is 5.11 Å². The maximum Gasteiger partial charge on any atom is 0.0823 e. The molecule has 1 heteroatoms. The molecule has 1 aromatic rings. The lowest BCUT2D eigenvalue weighted by molar-refractivity contribution is 0.137. The topological polar surface area (TPSA) is 20.2 Å². The highest BCUT2D eigenvalue weighted by Gasteiger charge is 2.55. The zero-order valence-electron chi connectivity index (χ0n) is 9.89. The number of aliphatic hydroxyl groups is 1. The van der Waals surface area contributed by atoms with E-state index in [2.05, 4.69) is 31.2 Å². The average molecular weight is 216 g/mol. The summed E-state index contributed by atoms with van der Waals surface area (Å²) in [5, 5.41) is 10.3. The van der Waals surface area contributed by atoms with Crippen molar-refractivity contribution in [2.24, 2.45) is 17.8 Å². The van der Waals surface area contributed by atoms with Gasteiger partial charge in [-0.25, -0.2) is 0 Å². The van der Waals surface area contributed by atoms with E-state index in [9.17, 15) is 5.11 Å². The van der Waals surface area contributed by atoms with E-state index in [1.54, 1.807) is 0 Å². The van der Waals surface area contributed by atoms with E-state index in [4.69, 9.17) is 0 Å². The van der Waals surface area contributed by atoms with Gasteiger partial charge in [0.15, 0.2) is 0 Å². The third kappa shape index (κ3) is 1.58. The van der Waals surface area contributed by atoms with Crippen LogP contribution in [0.1, 0.15) is 43.4 Å². The fourth-order valence-corrected chi connectivity index (χ4v) is 3.52. The maximum atomic E-state index is 10.3. The van der Waals surface area contributed by atoms with Crippen molar-refractivity contribution in [3.63, 3.8) is 0 Å². The maximum absolute atomic E-state index is 10.3. The third-order valence-corrected chi connectivity index (χ3v) is 4.57. The standard InChI is InChI=1S/C15H20O/c1-2-10-6-8-11(9-7-10)15(16)14-12-4-3-5-13(12)14/h6-9,12-16H,2-5H2,1H3. The minimum atomic E-state index is -0.207. The first-order valence-electron chi connectivity index (χ1n) is 6.58. The van der Waals surface area contributed by atoms with Gasteiger partial charge in [-0.3, -0.25) is 0 Å². The van der Waals surface area contributed by atoms with E-state index < -0.39 is 0 Å². The molecule has 86 valence electrons. The Balaban J connectivity index is 1.72. The fraction of sp³-hybridized carbons (Fsp3) is 0.600. The molecule has 1 nitrogen and oxygen atoms in total. The quantitative estimate of drug-likeness (QED) is 0.821. The van der Waals surface area contributed by atoms with Gasteiger partial charge in [-0.2, -0.15) is 0 Å². The number of hydrogen-bond acceptors (Lipinski definition) is 1. The first-order valence-corrected chi connectivity index (χ1v) is 6.58. The van der Waals surface area contributed by atoms with E-state index in [0.717, 1.165) is 23.8 Å². The van der Waals surface area contributed by atoms with Gasteiger partial charge in [0, 0.05) is 0 Å². The smallest absolute Gasteiger partial charge is 0.0823 e. The molecule has 0 bridgehead atoms. The normalized spacial score (nSPS) is 33.5. The zero-order chi connectivity index (χ0) is 11.1. The zero-order valence-corrected chi connectivity index (χ0v) is 9.89. The van der Waals surface area contributed by atoms with E-state index in [1.165, 1.54) is 24.8 Å². The Morgan fingerprint density at radius 3 is 2.38 bits per heavy atom. The van der Waals surface area contributed by atoms with Crippen molar-refractivity contribution in [1.82, 2.24) is 0 Å². The molecule has 0 amide bonds. The van der Waals surface area contributed by atoms with Crippen LogP contribution in [0.15, 0.2) is 24.3 Å². The van der Waals surface area contributed by atoms with Gasteiger partial charge in [0.1, 0.15) is 0 Å². The first-order chi connectivity index (χ1) is 7.81. The van der Waals surface area contributed by atoms with Crippen molar-refractivity contribution in [2.45, 2.75) is 38.7 Å². The molecular formula is C15H20O. The summed E-state index contributed by atoms with van der Waals surface area (Å²) in [5.41, 5.74) is 2.48. The Morgan fingerprint density at radius 1 is 1.19 bits per heavy atom. The predicted molar refractivity (Wildman–Crippen MR) is 65.1 cm³/mol. The molecule has 2 aliphatic carbocycles. The summed E-state index contributed by atoms with van der Waals surface area (Å²) in [7, 11) is 0. The third-order valence-electron chi connectivity index (χ3n) is 4.57. The summed E-state index contributed by atoms with van der Waals surface area (Å²) in [4.78, 5) is 0. The SMILES string of the molecule is CCc1ccc(C(O)C2C3CCCC32)cc1. The Bertz CT molecular complexity index is 358. The van der Waals surface area contributed by atoms with Crippen LogP contribution in [0.25, 0.3) is 0 Å². The Kier molecular flexibility index (Phi) is 2.51. The molecule has 2 fully saturated rings. The molecule has 3 unspecified atom stereocenters. The summed E-state index contributed by atoms with van der Waals surface area (Å²) >= 11 is 0. The highest BCUT2D eigenvalue weighted by molar-refractivity contribution is 5.26. The van der Waals surface area contributed by atoms with E-state index >= 15 is 0 Å². The van der Waals surface area contributed by atoms with E-state index in [1.807, 2.05) is 0 Å². The molecule has 16 heavy (non-hydrogen) atoms. The average Bonchev–Trinajstić information content (AvgIpc) is 2.81. The molecule has 1 N–H and O–H groups in total. The van der Waals surface area contributed by atoms with Gasteiger partial charge in [0.25, 0.3) is 0 Å². The van der Waals surface area contributed by atoms with Crippen LogP contribution in [0.4, 0.5) is 0 Å². The second-order valence-corrected chi connectivity index (χ2v) is 5.38. The molecule has 0 radical (unpaired) electrons. The van der Waals surface area contributed by atoms with Crippen molar-refractivity contribution >= 4 is 0 Å². The van der Waals surface area contributed by atoms with Crippen LogP contribution in [-0.2, 0) is 6.42 Å².